The molecule has 10 nitrogen and oxygen atoms in total. The van der Waals surface area contributed by atoms with Gasteiger partial charge in [0.1, 0.15) is 0 Å². The minimum atomic E-state index is -0.471. The van der Waals surface area contributed by atoms with Crippen LogP contribution < -0.4 is 17.0 Å². The maximum Gasteiger partial charge on any atom is 0.287 e. The molecule has 0 aliphatic carbocycles. The van der Waals surface area contributed by atoms with Crippen LogP contribution in [0.2, 0.25) is 0 Å². The monoisotopic (exact) mass is 311 g/mol. The lowest BCUT2D eigenvalue weighted by atomic mass is 10.4. The Bertz CT molecular complexity index is 620. The molecule has 1 amide bonds. The largest absolute Gasteiger partial charge is 0.368 e. The fraction of sp³-hybridized carbons (Fsp3) is 0.500. The summed E-state index contributed by atoms with van der Waals surface area (Å²) in [6, 6.07) is 0.189. The molecule has 0 fully saturated rings. The van der Waals surface area contributed by atoms with Crippen LogP contribution in [-0.4, -0.2) is 41.4 Å². The fourth-order valence-electron chi connectivity index (χ4n) is 1.69. The van der Waals surface area contributed by atoms with E-state index in [4.69, 9.17) is 11.6 Å². The third-order valence-corrected chi connectivity index (χ3v) is 3.58. The highest BCUT2D eigenvalue weighted by molar-refractivity contribution is 7.99. The highest BCUT2D eigenvalue weighted by atomic mass is 32.2. The van der Waals surface area contributed by atoms with Gasteiger partial charge in [-0.3, -0.25) is 19.5 Å². The minimum Gasteiger partial charge on any atom is -0.368 e. The number of hydrogen-bond acceptors (Lipinski definition) is 8. The van der Waals surface area contributed by atoms with Gasteiger partial charge in [0.25, 0.3) is 5.91 Å². The number of thioether (sulfide) groups is 1. The van der Waals surface area contributed by atoms with E-state index in [-0.39, 0.29) is 11.7 Å². The van der Waals surface area contributed by atoms with E-state index in [1.165, 1.54) is 18.0 Å². The highest BCUT2D eigenvalue weighted by Gasteiger charge is 2.13. The highest BCUT2D eigenvalue weighted by Crippen LogP contribution is 2.22. The summed E-state index contributed by atoms with van der Waals surface area (Å²) in [4.78, 5) is 11.3. The molecule has 0 saturated heterocycles. The second-order valence-electron chi connectivity index (χ2n) is 4.49. The number of carbonyl (C=O) groups excluding carboxylic acids is 1. The number of nitrogens with zero attached hydrogens (tertiary/aromatic N) is 6. The van der Waals surface area contributed by atoms with Crippen molar-refractivity contribution in [3.63, 3.8) is 0 Å². The van der Waals surface area contributed by atoms with Crippen molar-refractivity contribution < 1.29 is 4.79 Å². The molecule has 2 heterocycles. The van der Waals surface area contributed by atoms with Crippen LogP contribution in [0.25, 0.3) is 0 Å². The van der Waals surface area contributed by atoms with Gasteiger partial charge in [-0.05, 0) is 13.8 Å². The molecule has 0 saturated carbocycles. The van der Waals surface area contributed by atoms with Crippen LogP contribution in [-0.2, 0) is 6.54 Å². The first kappa shape index (κ1) is 15.3. The van der Waals surface area contributed by atoms with Gasteiger partial charge < -0.3 is 5.73 Å². The number of hydrogen-bond donors (Lipinski definition) is 3. The van der Waals surface area contributed by atoms with Crippen molar-refractivity contribution in [1.29, 1.82) is 0 Å². The topological polar surface area (TPSA) is 143 Å². The maximum atomic E-state index is 11.3. The number of hydrazine groups is 1. The van der Waals surface area contributed by atoms with E-state index < -0.39 is 5.91 Å². The Hall–Kier alpha value is -2.14. The van der Waals surface area contributed by atoms with Crippen molar-refractivity contribution in [2.45, 2.75) is 31.6 Å². The molecule has 0 atom stereocenters. The lowest BCUT2D eigenvalue weighted by Crippen LogP contribution is -2.30. The molecule has 0 aliphatic rings. The quantitative estimate of drug-likeness (QED) is 0.278. The predicted molar refractivity (Wildman–Crippen MR) is 77.2 cm³/mol. The zero-order chi connectivity index (χ0) is 15.4. The first-order chi connectivity index (χ1) is 10.0. The first-order valence-corrected chi connectivity index (χ1v) is 7.25. The van der Waals surface area contributed by atoms with Crippen LogP contribution in [0.5, 0.6) is 0 Å². The van der Waals surface area contributed by atoms with Crippen LogP contribution in [0.15, 0.2) is 11.4 Å². The molecule has 5 N–H and O–H groups in total. The molecular weight excluding hydrogens is 294 g/mol. The molecule has 2 aromatic heterocycles. The lowest BCUT2D eigenvalue weighted by molar-refractivity contribution is 0.0948. The molecule has 11 heteroatoms. The number of carbonyl (C=O) groups is 1. The first-order valence-electron chi connectivity index (χ1n) is 6.27. The summed E-state index contributed by atoms with van der Waals surface area (Å²) in [5.74, 6) is 5.65. The Morgan fingerprint density at radius 1 is 1.43 bits per heavy atom. The van der Waals surface area contributed by atoms with Gasteiger partial charge in [0.2, 0.25) is 5.95 Å². The third-order valence-electron chi connectivity index (χ3n) is 2.66. The number of aromatic nitrogens is 6. The Morgan fingerprint density at radius 3 is 2.86 bits per heavy atom. The summed E-state index contributed by atoms with van der Waals surface area (Å²) in [7, 11) is 0. The Balaban J connectivity index is 1.93. The fourth-order valence-corrected chi connectivity index (χ4v) is 2.69. The van der Waals surface area contributed by atoms with E-state index in [0.29, 0.717) is 18.2 Å². The van der Waals surface area contributed by atoms with Gasteiger partial charge in [-0.15, -0.1) is 15.3 Å². The minimum absolute atomic E-state index is 0.178. The van der Waals surface area contributed by atoms with E-state index in [2.05, 4.69) is 20.5 Å². The maximum absolute atomic E-state index is 11.3. The molecule has 21 heavy (non-hydrogen) atoms. The Labute approximate surface area is 125 Å². The summed E-state index contributed by atoms with van der Waals surface area (Å²) in [6.45, 7) is 4.60. The predicted octanol–water partition coefficient (Wildman–Crippen LogP) is -0.571. The molecule has 0 radical (unpaired) electrons. The van der Waals surface area contributed by atoms with Crippen LogP contribution >= 0.6 is 11.8 Å². The van der Waals surface area contributed by atoms with E-state index in [1.54, 1.807) is 4.68 Å². The van der Waals surface area contributed by atoms with Gasteiger partial charge in [-0.1, -0.05) is 17.0 Å². The second kappa shape index (κ2) is 6.54. The molecule has 0 unspecified atom stereocenters. The number of nitrogen functional groups attached to an aromatic ring is 2. The number of nitrogens with two attached hydrogens (primary N) is 2. The smallest absolute Gasteiger partial charge is 0.287 e. The number of rotatable bonds is 6. The van der Waals surface area contributed by atoms with E-state index >= 15 is 0 Å². The van der Waals surface area contributed by atoms with Crippen molar-refractivity contribution in [3.05, 3.63) is 11.9 Å². The Kier molecular flexibility index (Phi) is 4.75. The SMILES string of the molecule is CC(C)n1c(N)nnc1SCCn1cc(C(=O)NN)nn1. The zero-order valence-corrected chi connectivity index (χ0v) is 12.5. The lowest BCUT2D eigenvalue weighted by Gasteiger charge is -2.10. The summed E-state index contributed by atoms with van der Waals surface area (Å²) in [5.41, 5.74) is 7.95. The van der Waals surface area contributed by atoms with Crippen molar-refractivity contribution in [3.8, 4) is 0 Å². The van der Waals surface area contributed by atoms with Crippen molar-refractivity contribution >= 4 is 23.6 Å². The van der Waals surface area contributed by atoms with Crippen LogP contribution in [0, 0.1) is 0 Å². The number of aryl methyl sites for hydroxylation is 1. The number of nitrogens with one attached hydrogen (secondary N) is 1. The molecular formula is C10H17N9OS. The summed E-state index contributed by atoms with van der Waals surface area (Å²) in [5, 5.41) is 16.2. The third kappa shape index (κ3) is 3.49. The van der Waals surface area contributed by atoms with E-state index in [9.17, 15) is 4.79 Å². The van der Waals surface area contributed by atoms with E-state index in [0.717, 1.165) is 5.16 Å². The van der Waals surface area contributed by atoms with Crippen LogP contribution in [0.1, 0.15) is 30.4 Å². The Morgan fingerprint density at radius 2 is 2.19 bits per heavy atom. The molecule has 2 rings (SSSR count). The normalized spacial score (nSPS) is 11.0. The molecule has 114 valence electrons. The van der Waals surface area contributed by atoms with Crippen molar-refractivity contribution in [2.75, 3.05) is 11.5 Å². The molecule has 2 aromatic rings. The molecule has 0 spiro atoms. The average Bonchev–Trinajstić information content (AvgIpc) is 3.05. The van der Waals surface area contributed by atoms with Crippen LogP contribution in [0.4, 0.5) is 5.95 Å². The van der Waals surface area contributed by atoms with Gasteiger partial charge in [-0.25, -0.2) is 5.84 Å². The summed E-state index contributed by atoms with van der Waals surface area (Å²) >= 11 is 1.51. The standard InChI is InChI=1S/C10H17N9OS/c1-6(2)19-9(11)15-16-10(19)21-4-3-18-5-7(14-17-18)8(20)13-12/h5-6H,3-4,12H2,1-2H3,(H2,11,15)(H,13,20). The molecule has 0 aliphatic heterocycles. The number of amides is 1. The second-order valence-corrected chi connectivity index (χ2v) is 5.56. The summed E-state index contributed by atoms with van der Waals surface area (Å²) in [6.07, 6.45) is 1.53. The van der Waals surface area contributed by atoms with Gasteiger partial charge in [0, 0.05) is 11.8 Å². The van der Waals surface area contributed by atoms with Crippen LogP contribution in [0.3, 0.4) is 0 Å². The van der Waals surface area contributed by atoms with Gasteiger partial charge in [0.15, 0.2) is 10.9 Å². The average molecular weight is 311 g/mol. The van der Waals surface area contributed by atoms with Gasteiger partial charge in [0.05, 0.1) is 12.7 Å². The zero-order valence-electron chi connectivity index (χ0n) is 11.7. The van der Waals surface area contributed by atoms with Gasteiger partial charge >= 0.3 is 0 Å². The number of anilines is 1. The summed E-state index contributed by atoms with van der Waals surface area (Å²) < 4.78 is 3.43. The van der Waals surface area contributed by atoms with Crippen molar-refractivity contribution in [1.82, 2.24) is 35.2 Å². The van der Waals surface area contributed by atoms with Gasteiger partial charge in [-0.2, -0.15) is 0 Å². The molecule has 0 bridgehead atoms. The molecule has 0 aromatic carbocycles. The van der Waals surface area contributed by atoms with E-state index in [1.807, 2.05) is 23.8 Å². The van der Waals surface area contributed by atoms with Crippen molar-refractivity contribution in [2.24, 2.45) is 5.84 Å².